The van der Waals surface area contributed by atoms with E-state index < -0.39 is 0 Å². The van der Waals surface area contributed by atoms with Gasteiger partial charge < -0.3 is 4.42 Å². The molecule has 0 radical (unpaired) electrons. The number of aryl methyl sites for hydroxylation is 1. The second-order valence-corrected chi connectivity index (χ2v) is 4.23. The van der Waals surface area contributed by atoms with Crippen molar-refractivity contribution in [1.82, 2.24) is 4.90 Å². The maximum absolute atomic E-state index is 5.85. The number of rotatable bonds is 4. The number of terminal acetylenes is 1. The largest absolute Gasteiger partial charge is 0.461 e. The molecule has 0 aliphatic carbocycles. The third kappa shape index (κ3) is 2.35. The van der Waals surface area contributed by atoms with Crippen LogP contribution >= 0.6 is 0 Å². The molecule has 2 rings (SSSR count). The lowest BCUT2D eigenvalue weighted by atomic mass is 10.1. The normalized spacial score (nSPS) is 10.9. The molecule has 2 nitrogen and oxygen atoms in total. The maximum Gasteiger partial charge on any atom is 0.134 e. The average molecular weight is 227 g/mol. The highest BCUT2D eigenvalue weighted by molar-refractivity contribution is 5.82. The summed E-state index contributed by atoms with van der Waals surface area (Å²) in [6.45, 7) is 3.61. The van der Waals surface area contributed by atoms with Gasteiger partial charge >= 0.3 is 0 Å². The minimum Gasteiger partial charge on any atom is -0.461 e. The van der Waals surface area contributed by atoms with Gasteiger partial charge in [0.2, 0.25) is 0 Å². The smallest absolute Gasteiger partial charge is 0.134 e. The van der Waals surface area contributed by atoms with Gasteiger partial charge in [0.15, 0.2) is 0 Å². The SMILES string of the molecule is C#CCN(C)Cc1c(CC)oc2ccccc12. The first-order valence-corrected chi connectivity index (χ1v) is 5.87. The van der Waals surface area contributed by atoms with Crippen LogP contribution in [0.25, 0.3) is 11.0 Å². The Morgan fingerprint density at radius 3 is 2.82 bits per heavy atom. The van der Waals surface area contributed by atoms with Crippen molar-refractivity contribution in [2.75, 3.05) is 13.6 Å². The van der Waals surface area contributed by atoms with Gasteiger partial charge in [0.05, 0.1) is 6.54 Å². The summed E-state index contributed by atoms with van der Waals surface area (Å²) in [5.74, 6) is 3.73. The summed E-state index contributed by atoms with van der Waals surface area (Å²) < 4.78 is 5.85. The average Bonchev–Trinajstić information content (AvgIpc) is 2.68. The zero-order chi connectivity index (χ0) is 12.3. The Balaban J connectivity index is 2.40. The molecule has 0 unspecified atom stereocenters. The number of benzene rings is 1. The van der Waals surface area contributed by atoms with Crippen LogP contribution in [0.4, 0.5) is 0 Å². The molecule has 0 fully saturated rings. The lowest BCUT2D eigenvalue weighted by Crippen LogP contribution is -2.18. The lowest BCUT2D eigenvalue weighted by molar-refractivity contribution is 0.365. The summed E-state index contributed by atoms with van der Waals surface area (Å²) >= 11 is 0. The van der Waals surface area contributed by atoms with Crippen LogP contribution in [0.5, 0.6) is 0 Å². The minimum atomic E-state index is 0.655. The Labute approximate surface area is 102 Å². The third-order valence-corrected chi connectivity index (χ3v) is 2.89. The van der Waals surface area contributed by atoms with Gasteiger partial charge in [-0.05, 0) is 13.1 Å². The topological polar surface area (TPSA) is 16.4 Å². The van der Waals surface area contributed by atoms with E-state index in [9.17, 15) is 0 Å². The van der Waals surface area contributed by atoms with E-state index >= 15 is 0 Å². The molecule has 88 valence electrons. The number of hydrogen-bond acceptors (Lipinski definition) is 2. The van der Waals surface area contributed by atoms with Crippen molar-refractivity contribution in [3.05, 3.63) is 35.6 Å². The summed E-state index contributed by atoms with van der Waals surface area (Å²) in [5.41, 5.74) is 2.23. The van der Waals surface area contributed by atoms with Crippen molar-refractivity contribution in [3.8, 4) is 12.3 Å². The molecule has 0 N–H and O–H groups in total. The summed E-state index contributed by atoms with van der Waals surface area (Å²) in [6, 6.07) is 8.17. The molecule has 2 heteroatoms. The fraction of sp³-hybridized carbons (Fsp3) is 0.333. The van der Waals surface area contributed by atoms with Gasteiger partial charge in [-0.2, -0.15) is 0 Å². The summed E-state index contributed by atoms with van der Waals surface area (Å²) in [6.07, 6.45) is 6.24. The highest BCUT2D eigenvalue weighted by Gasteiger charge is 2.13. The summed E-state index contributed by atoms with van der Waals surface area (Å²) in [5, 5.41) is 1.20. The van der Waals surface area contributed by atoms with Gasteiger partial charge in [-0.25, -0.2) is 0 Å². The molecule has 0 spiro atoms. The molecule has 0 aliphatic heterocycles. The molecular formula is C15H17NO. The monoisotopic (exact) mass is 227 g/mol. The molecule has 1 aromatic heterocycles. The molecule has 1 aromatic carbocycles. The van der Waals surface area contributed by atoms with Crippen molar-refractivity contribution < 1.29 is 4.42 Å². The maximum atomic E-state index is 5.85. The quantitative estimate of drug-likeness (QED) is 0.746. The van der Waals surface area contributed by atoms with Crippen molar-refractivity contribution in [2.24, 2.45) is 0 Å². The molecule has 0 saturated carbocycles. The van der Waals surface area contributed by atoms with E-state index in [1.54, 1.807) is 0 Å². The Morgan fingerprint density at radius 1 is 1.35 bits per heavy atom. The number of hydrogen-bond donors (Lipinski definition) is 0. The Bertz CT molecular complexity index is 548. The van der Waals surface area contributed by atoms with Crippen LogP contribution in [0.2, 0.25) is 0 Å². The minimum absolute atomic E-state index is 0.655. The fourth-order valence-electron chi connectivity index (χ4n) is 2.09. The van der Waals surface area contributed by atoms with E-state index in [0.29, 0.717) is 6.54 Å². The molecule has 0 bridgehead atoms. The number of nitrogens with zero attached hydrogens (tertiary/aromatic N) is 1. The first kappa shape index (κ1) is 11.8. The van der Waals surface area contributed by atoms with Crippen molar-refractivity contribution in [1.29, 1.82) is 0 Å². The van der Waals surface area contributed by atoms with Crippen LogP contribution in [-0.2, 0) is 13.0 Å². The first-order valence-electron chi connectivity index (χ1n) is 5.87. The molecule has 17 heavy (non-hydrogen) atoms. The molecule has 2 aromatic rings. The zero-order valence-corrected chi connectivity index (χ0v) is 10.4. The van der Waals surface area contributed by atoms with E-state index in [-0.39, 0.29) is 0 Å². The van der Waals surface area contributed by atoms with Gasteiger partial charge in [0.25, 0.3) is 0 Å². The number of fused-ring (bicyclic) bond motifs is 1. The summed E-state index contributed by atoms with van der Waals surface area (Å²) in [4.78, 5) is 2.12. The highest BCUT2D eigenvalue weighted by Crippen LogP contribution is 2.27. The molecule has 0 atom stereocenters. The van der Waals surface area contributed by atoms with Gasteiger partial charge in [0, 0.05) is 23.9 Å². The van der Waals surface area contributed by atoms with Gasteiger partial charge in [-0.1, -0.05) is 31.0 Å². The van der Waals surface area contributed by atoms with Crippen LogP contribution in [0.3, 0.4) is 0 Å². The Morgan fingerprint density at radius 2 is 2.12 bits per heavy atom. The number of furan rings is 1. The van der Waals surface area contributed by atoms with E-state index in [0.717, 1.165) is 24.3 Å². The van der Waals surface area contributed by atoms with Gasteiger partial charge in [-0.15, -0.1) is 6.42 Å². The van der Waals surface area contributed by atoms with Crippen LogP contribution in [-0.4, -0.2) is 18.5 Å². The highest BCUT2D eigenvalue weighted by atomic mass is 16.3. The van der Waals surface area contributed by atoms with Gasteiger partial charge in [0.1, 0.15) is 11.3 Å². The Hall–Kier alpha value is -1.72. The van der Waals surface area contributed by atoms with Crippen molar-refractivity contribution in [2.45, 2.75) is 19.9 Å². The standard InChI is InChI=1S/C15H17NO/c1-4-10-16(3)11-13-12-8-6-7-9-15(12)17-14(13)5-2/h1,6-9H,5,10-11H2,2-3H3. The second-order valence-electron chi connectivity index (χ2n) is 4.23. The van der Waals surface area contributed by atoms with Crippen LogP contribution < -0.4 is 0 Å². The van der Waals surface area contributed by atoms with Crippen molar-refractivity contribution >= 4 is 11.0 Å². The third-order valence-electron chi connectivity index (χ3n) is 2.89. The summed E-state index contributed by atoms with van der Waals surface area (Å²) in [7, 11) is 2.03. The molecule has 0 aliphatic rings. The predicted molar refractivity (Wildman–Crippen MR) is 70.8 cm³/mol. The Kier molecular flexibility index (Phi) is 3.51. The van der Waals surface area contributed by atoms with Gasteiger partial charge in [-0.3, -0.25) is 4.90 Å². The van der Waals surface area contributed by atoms with Crippen molar-refractivity contribution in [3.63, 3.8) is 0 Å². The fourth-order valence-corrected chi connectivity index (χ4v) is 2.09. The van der Waals surface area contributed by atoms with Crippen LogP contribution in [0.15, 0.2) is 28.7 Å². The van der Waals surface area contributed by atoms with E-state index in [1.807, 2.05) is 25.2 Å². The molecular weight excluding hydrogens is 210 g/mol. The first-order chi connectivity index (χ1) is 8.26. The number of para-hydroxylation sites is 1. The lowest BCUT2D eigenvalue weighted by Gasteiger charge is -2.13. The predicted octanol–water partition coefficient (Wildman–Crippen LogP) is 3.06. The van der Waals surface area contributed by atoms with E-state index in [4.69, 9.17) is 10.8 Å². The van der Waals surface area contributed by atoms with E-state index in [1.165, 1.54) is 10.9 Å². The van der Waals surface area contributed by atoms with E-state index in [2.05, 4.69) is 23.8 Å². The van der Waals surface area contributed by atoms with Crippen LogP contribution in [0.1, 0.15) is 18.2 Å². The molecule has 0 saturated heterocycles. The second kappa shape index (κ2) is 5.07. The zero-order valence-electron chi connectivity index (χ0n) is 10.4. The molecule has 0 amide bonds. The molecule has 1 heterocycles. The van der Waals surface area contributed by atoms with Crippen LogP contribution in [0, 0.1) is 12.3 Å².